The molecule has 0 aliphatic rings. The summed E-state index contributed by atoms with van der Waals surface area (Å²) in [5.74, 6) is -0.399. The fourth-order valence-electron chi connectivity index (χ4n) is 2.01. The lowest BCUT2D eigenvalue weighted by molar-refractivity contribution is 0.0864. The molecule has 0 bridgehead atoms. The molecular formula is C14H22F2N2O2. The van der Waals surface area contributed by atoms with Crippen LogP contribution in [0.2, 0.25) is 0 Å². The topological polar surface area (TPSA) is 54.3 Å². The SMILES string of the molecule is CC(C)(C)C(CCO)NC(=O)c1cccn1CC(F)F. The molecule has 6 heteroatoms. The lowest BCUT2D eigenvalue weighted by atomic mass is 9.85. The first-order valence-electron chi connectivity index (χ1n) is 6.60. The summed E-state index contributed by atoms with van der Waals surface area (Å²) in [5, 5.41) is 11.9. The second-order valence-corrected chi connectivity index (χ2v) is 5.84. The Morgan fingerprint density at radius 1 is 1.45 bits per heavy atom. The van der Waals surface area contributed by atoms with E-state index in [-0.39, 0.29) is 23.8 Å². The van der Waals surface area contributed by atoms with Gasteiger partial charge in [-0.1, -0.05) is 20.8 Å². The molecule has 4 nitrogen and oxygen atoms in total. The summed E-state index contributed by atoms with van der Waals surface area (Å²) in [6.07, 6.45) is -0.630. The molecule has 1 atom stereocenters. The quantitative estimate of drug-likeness (QED) is 0.844. The van der Waals surface area contributed by atoms with Crippen LogP contribution in [0.4, 0.5) is 8.78 Å². The van der Waals surface area contributed by atoms with Gasteiger partial charge >= 0.3 is 0 Å². The molecule has 114 valence electrons. The molecule has 1 heterocycles. The van der Waals surface area contributed by atoms with E-state index in [4.69, 9.17) is 5.11 Å². The second-order valence-electron chi connectivity index (χ2n) is 5.84. The number of amides is 1. The number of halogens is 2. The van der Waals surface area contributed by atoms with Gasteiger partial charge in [0.25, 0.3) is 12.3 Å². The normalized spacial score (nSPS) is 13.6. The Bertz CT molecular complexity index is 439. The van der Waals surface area contributed by atoms with Gasteiger partial charge in [-0.05, 0) is 24.0 Å². The van der Waals surface area contributed by atoms with Crippen LogP contribution in [0.3, 0.4) is 0 Å². The molecule has 0 aromatic carbocycles. The highest BCUT2D eigenvalue weighted by Crippen LogP contribution is 2.22. The number of carbonyl (C=O) groups is 1. The van der Waals surface area contributed by atoms with Crippen LogP contribution in [0.25, 0.3) is 0 Å². The van der Waals surface area contributed by atoms with Gasteiger partial charge in [-0.15, -0.1) is 0 Å². The van der Waals surface area contributed by atoms with Crippen LogP contribution in [0.5, 0.6) is 0 Å². The van der Waals surface area contributed by atoms with Gasteiger partial charge in [0.1, 0.15) is 5.69 Å². The second kappa shape index (κ2) is 6.83. The summed E-state index contributed by atoms with van der Waals surface area (Å²) in [7, 11) is 0. The maximum absolute atomic E-state index is 12.4. The van der Waals surface area contributed by atoms with Crippen molar-refractivity contribution in [2.24, 2.45) is 5.41 Å². The molecule has 1 aromatic heterocycles. The van der Waals surface area contributed by atoms with Crippen molar-refractivity contribution in [1.82, 2.24) is 9.88 Å². The molecule has 0 aliphatic heterocycles. The molecule has 0 radical (unpaired) electrons. The minimum atomic E-state index is -2.51. The Labute approximate surface area is 117 Å². The third-order valence-corrected chi connectivity index (χ3v) is 3.17. The van der Waals surface area contributed by atoms with Crippen molar-refractivity contribution in [3.8, 4) is 0 Å². The number of aliphatic hydroxyl groups excluding tert-OH is 1. The Kier molecular flexibility index (Phi) is 5.68. The van der Waals surface area contributed by atoms with Crippen molar-refractivity contribution in [3.63, 3.8) is 0 Å². The van der Waals surface area contributed by atoms with Gasteiger partial charge in [-0.25, -0.2) is 8.78 Å². The number of alkyl halides is 2. The Morgan fingerprint density at radius 2 is 2.10 bits per heavy atom. The number of hydrogen-bond donors (Lipinski definition) is 2. The fourth-order valence-corrected chi connectivity index (χ4v) is 2.01. The van der Waals surface area contributed by atoms with Crippen LogP contribution < -0.4 is 5.32 Å². The van der Waals surface area contributed by atoms with E-state index in [1.165, 1.54) is 16.8 Å². The zero-order valence-corrected chi connectivity index (χ0v) is 12.1. The number of aliphatic hydroxyl groups is 1. The van der Waals surface area contributed by atoms with Crippen molar-refractivity contribution in [2.45, 2.75) is 46.2 Å². The predicted molar refractivity (Wildman–Crippen MR) is 72.8 cm³/mol. The van der Waals surface area contributed by atoms with Crippen molar-refractivity contribution in [1.29, 1.82) is 0 Å². The van der Waals surface area contributed by atoms with E-state index in [1.807, 2.05) is 20.8 Å². The van der Waals surface area contributed by atoms with Gasteiger partial charge < -0.3 is 15.0 Å². The fraction of sp³-hybridized carbons (Fsp3) is 0.643. The Hall–Kier alpha value is -1.43. The molecule has 1 aromatic rings. The summed E-state index contributed by atoms with van der Waals surface area (Å²) in [6, 6.07) is 2.85. The van der Waals surface area contributed by atoms with Gasteiger partial charge in [0, 0.05) is 18.8 Å². The summed E-state index contributed by atoms with van der Waals surface area (Å²) in [6.45, 7) is 5.31. The lowest BCUT2D eigenvalue weighted by Crippen LogP contribution is -2.44. The summed E-state index contributed by atoms with van der Waals surface area (Å²) in [5.41, 5.74) is -0.0177. The number of carbonyl (C=O) groups excluding carboxylic acids is 1. The van der Waals surface area contributed by atoms with Gasteiger partial charge in [0.05, 0.1) is 6.54 Å². The van der Waals surface area contributed by atoms with Crippen LogP contribution in [-0.2, 0) is 6.54 Å². The van der Waals surface area contributed by atoms with Crippen LogP contribution in [0.1, 0.15) is 37.7 Å². The average Bonchev–Trinajstić information content (AvgIpc) is 2.74. The molecule has 0 saturated carbocycles. The van der Waals surface area contributed by atoms with E-state index >= 15 is 0 Å². The average molecular weight is 288 g/mol. The molecule has 1 unspecified atom stereocenters. The van der Waals surface area contributed by atoms with E-state index in [0.717, 1.165) is 0 Å². The van der Waals surface area contributed by atoms with Gasteiger partial charge in [-0.2, -0.15) is 0 Å². The van der Waals surface area contributed by atoms with Gasteiger partial charge in [0.15, 0.2) is 0 Å². The molecule has 0 saturated heterocycles. The smallest absolute Gasteiger partial charge is 0.268 e. The third kappa shape index (κ3) is 4.59. The van der Waals surface area contributed by atoms with E-state index < -0.39 is 18.9 Å². The van der Waals surface area contributed by atoms with Gasteiger partial charge in [-0.3, -0.25) is 4.79 Å². The van der Waals surface area contributed by atoms with Crippen molar-refractivity contribution in [3.05, 3.63) is 24.0 Å². The summed E-state index contributed by atoms with van der Waals surface area (Å²) < 4.78 is 26.1. The molecule has 2 N–H and O–H groups in total. The monoisotopic (exact) mass is 288 g/mol. The van der Waals surface area contributed by atoms with E-state index in [0.29, 0.717) is 6.42 Å². The molecule has 0 fully saturated rings. The highest BCUT2D eigenvalue weighted by molar-refractivity contribution is 5.93. The maximum Gasteiger partial charge on any atom is 0.268 e. The number of rotatable bonds is 6. The molecule has 1 rings (SSSR count). The summed E-state index contributed by atoms with van der Waals surface area (Å²) >= 11 is 0. The standard InChI is InChI=1S/C14H22F2N2O2/c1-14(2,3)11(6-8-19)17-13(20)10-5-4-7-18(10)9-12(15)16/h4-5,7,11-12,19H,6,8-9H2,1-3H3,(H,17,20). The summed E-state index contributed by atoms with van der Waals surface area (Å²) in [4.78, 5) is 12.2. The molecular weight excluding hydrogens is 266 g/mol. The zero-order valence-electron chi connectivity index (χ0n) is 12.1. The first-order chi connectivity index (χ1) is 9.25. The highest BCUT2D eigenvalue weighted by atomic mass is 19.3. The predicted octanol–water partition coefficient (Wildman–Crippen LogP) is 2.28. The lowest BCUT2D eigenvalue weighted by Gasteiger charge is -2.31. The van der Waals surface area contributed by atoms with Gasteiger partial charge in [0.2, 0.25) is 0 Å². The third-order valence-electron chi connectivity index (χ3n) is 3.17. The van der Waals surface area contributed by atoms with Crippen LogP contribution in [0, 0.1) is 5.41 Å². The number of nitrogens with one attached hydrogen (secondary N) is 1. The number of hydrogen-bond acceptors (Lipinski definition) is 2. The molecule has 0 aliphatic carbocycles. The zero-order chi connectivity index (χ0) is 15.3. The minimum Gasteiger partial charge on any atom is -0.396 e. The Morgan fingerprint density at radius 3 is 2.60 bits per heavy atom. The largest absolute Gasteiger partial charge is 0.396 e. The first-order valence-corrected chi connectivity index (χ1v) is 6.60. The molecule has 20 heavy (non-hydrogen) atoms. The number of nitrogens with zero attached hydrogens (tertiary/aromatic N) is 1. The van der Waals surface area contributed by atoms with Crippen molar-refractivity contribution >= 4 is 5.91 Å². The maximum atomic E-state index is 12.4. The highest BCUT2D eigenvalue weighted by Gasteiger charge is 2.27. The number of aromatic nitrogens is 1. The van der Waals surface area contributed by atoms with E-state index in [9.17, 15) is 13.6 Å². The van der Waals surface area contributed by atoms with E-state index in [1.54, 1.807) is 6.07 Å². The van der Waals surface area contributed by atoms with E-state index in [2.05, 4.69) is 5.32 Å². The molecule has 0 spiro atoms. The van der Waals surface area contributed by atoms with Crippen LogP contribution >= 0.6 is 0 Å². The van der Waals surface area contributed by atoms with Crippen molar-refractivity contribution < 1.29 is 18.7 Å². The Balaban J connectivity index is 2.82. The van der Waals surface area contributed by atoms with Crippen LogP contribution in [0.15, 0.2) is 18.3 Å². The van der Waals surface area contributed by atoms with Crippen molar-refractivity contribution in [2.75, 3.05) is 6.61 Å². The van der Waals surface area contributed by atoms with Crippen LogP contribution in [-0.4, -0.2) is 34.7 Å². The first kappa shape index (κ1) is 16.6. The minimum absolute atomic E-state index is 0.0414. The molecule has 1 amide bonds.